The minimum atomic E-state index is -0.401. The van der Waals surface area contributed by atoms with Crippen molar-refractivity contribution in [3.05, 3.63) is 34.6 Å². The van der Waals surface area contributed by atoms with Crippen molar-refractivity contribution >= 4 is 11.6 Å². The van der Waals surface area contributed by atoms with E-state index in [2.05, 4.69) is 0 Å². The summed E-state index contributed by atoms with van der Waals surface area (Å²) in [4.78, 5) is 1.91. The topological polar surface area (TPSA) is 23.5 Å². The minimum absolute atomic E-state index is 0.104. The van der Waals surface area contributed by atoms with Gasteiger partial charge in [0.2, 0.25) is 0 Å². The zero-order valence-electron chi connectivity index (χ0n) is 8.00. The van der Waals surface area contributed by atoms with Gasteiger partial charge in [0.25, 0.3) is 0 Å². The van der Waals surface area contributed by atoms with Crippen molar-refractivity contribution in [2.45, 2.75) is 6.54 Å². The highest BCUT2D eigenvalue weighted by atomic mass is 35.5. The molecule has 2 nitrogen and oxygen atoms in total. The van der Waals surface area contributed by atoms with E-state index in [-0.39, 0.29) is 11.6 Å². The summed E-state index contributed by atoms with van der Waals surface area (Å²) >= 11 is 5.55. The Morgan fingerprint density at radius 2 is 2.21 bits per heavy atom. The number of benzene rings is 1. The SMILES string of the molecule is CN(CCO)Cc1ccc(Cl)c(F)c1. The molecule has 0 aliphatic carbocycles. The molecule has 0 saturated heterocycles. The molecule has 0 bridgehead atoms. The normalized spacial score (nSPS) is 10.9. The van der Waals surface area contributed by atoms with E-state index in [0.717, 1.165) is 5.56 Å². The quantitative estimate of drug-likeness (QED) is 0.833. The van der Waals surface area contributed by atoms with Crippen LogP contribution in [0.3, 0.4) is 0 Å². The fourth-order valence-corrected chi connectivity index (χ4v) is 1.32. The van der Waals surface area contributed by atoms with Gasteiger partial charge in [-0.3, -0.25) is 4.90 Å². The van der Waals surface area contributed by atoms with Gasteiger partial charge in [0.15, 0.2) is 0 Å². The zero-order valence-corrected chi connectivity index (χ0v) is 8.76. The standard InChI is InChI=1S/C10H13ClFNO/c1-13(4-5-14)7-8-2-3-9(11)10(12)6-8/h2-3,6,14H,4-5,7H2,1H3. The molecule has 0 spiro atoms. The van der Waals surface area contributed by atoms with E-state index in [1.54, 1.807) is 12.1 Å². The zero-order chi connectivity index (χ0) is 10.6. The third-order valence-electron chi connectivity index (χ3n) is 1.92. The first kappa shape index (κ1) is 11.4. The predicted octanol–water partition coefficient (Wildman–Crippen LogP) is 1.90. The van der Waals surface area contributed by atoms with E-state index >= 15 is 0 Å². The molecule has 0 atom stereocenters. The minimum Gasteiger partial charge on any atom is -0.395 e. The first-order chi connectivity index (χ1) is 6.63. The summed E-state index contributed by atoms with van der Waals surface area (Å²) in [7, 11) is 1.86. The molecule has 1 aromatic carbocycles. The molecule has 1 rings (SSSR count). The predicted molar refractivity (Wildman–Crippen MR) is 54.8 cm³/mol. The maximum Gasteiger partial charge on any atom is 0.142 e. The molecular weight excluding hydrogens is 205 g/mol. The maximum atomic E-state index is 13.0. The molecule has 4 heteroatoms. The maximum absolute atomic E-state index is 13.0. The number of hydrogen-bond acceptors (Lipinski definition) is 2. The number of rotatable bonds is 4. The molecule has 14 heavy (non-hydrogen) atoms. The molecule has 0 fully saturated rings. The summed E-state index contributed by atoms with van der Waals surface area (Å²) in [5.41, 5.74) is 0.850. The van der Waals surface area contributed by atoms with Gasteiger partial charge in [0.1, 0.15) is 5.82 Å². The molecule has 0 aromatic heterocycles. The summed E-state index contributed by atoms with van der Waals surface area (Å²) in [6.45, 7) is 1.28. The molecular formula is C10H13ClFNO. The van der Waals surface area contributed by atoms with Crippen LogP contribution in [-0.4, -0.2) is 30.2 Å². The highest BCUT2D eigenvalue weighted by molar-refractivity contribution is 6.30. The lowest BCUT2D eigenvalue weighted by Gasteiger charge is -2.14. The van der Waals surface area contributed by atoms with Gasteiger partial charge in [-0.2, -0.15) is 0 Å². The van der Waals surface area contributed by atoms with Gasteiger partial charge in [-0.1, -0.05) is 17.7 Å². The van der Waals surface area contributed by atoms with Crippen molar-refractivity contribution in [2.75, 3.05) is 20.2 Å². The Kier molecular flexibility index (Phi) is 4.32. The molecule has 0 amide bonds. The first-order valence-electron chi connectivity index (χ1n) is 4.37. The lowest BCUT2D eigenvalue weighted by Crippen LogP contribution is -2.21. The van der Waals surface area contributed by atoms with Crippen LogP contribution in [0.15, 0.2) is 18.2 Å². The summed E-state index contributed by atoms with van der Waals surface area (Å²) in [5.74, 6) is -0.401. The molecule has 0 heterocycles. The van der Waals surface area contributed by atoms with Crippen LogP contribution in [0.1, 0.15) is 5.56 Å². The van der Waals surface area contributed by atoms with E-state index in [1.807, 2.05) is 11.9 Å². The number of nitrogens with zero attached hydrogens (tertiary/aromatic N) is 1. The van der Waals surface area contributed by atoms with Crippen LogP contribution in [0.2, 0.25) is 5.02 Å². The molecule has 0 aliphatic heterocycles. The molecule has 0 unspecified atom stereocenters. The van der Waals surface area contributed by atoms with Crippen molar-refractivity contribution in [1.82, 2.24) is 4.90 Å². The van der Waals surface area contributed by atoms with Crippen LogP contribution in [-0.2, 0) is 6.54 Å². The van der Waals surface area contributed by atoms with E-state index in [0.29, 0.717) is 13.1 Å². The van der Waals surface area contributed by atoms with Gasteiger partial charge in [0, 0.05) is 13.1 Å². The molecule has 0 saturated carbocycles. The van der Waals surface area contributed by atoms with Crippen LogP contribution >= 0.6 is 11.6 Å². The van der Waals surface area contributed by atoms with Crippen molar-refractivity contribution in [3.63, 3.8) is 0 Å². The summed E-state index contributed by atoms with van der Waals surface area (Å²) in [6.07, 6.45) is 0. The number of hydrogen-bond donors (Lipinski definition) is 1. The van der Waals surface area contributed by atoms with E-state index < -0.39 is 5.82 Å². The van der Waals surface area contributed by atoms with E-state index in [1.165, 1.54) is 6.07 Å². The highest BCUT2D eigenvalue weighted by Crippen LogP contribution is 2.16. The Morgan fingerprint density at radius 3 is 2.79 bits per heavy atom. The Labute approximate surface area is 87.9 Å². The van der Waals surface area contributed by atoms with Crippen molar-refractivity contribution < 1.29 is 9.50 Å². The molecule has 78 valence electrons. The molecule has 0 aliphatic rings. The number of halogens is 2. The smallest absolute Gasteiger partial charge is 0.142 e. The van der Waals surface area contributed by atoms with Crippen LogP contribution in [0, 0.1) is 5.82 Å². The Bertz CT molecular complexity index is 306. The average Bonchev–Trinajstić information content (AvgIpc) is 2.12. The van der Waals surface area contributed by atoms with Gasteiger partial charge in [-0.15, -0.1) is 0 Å². The summed E-state index contributed by atoms with van der Waals surface area (Å²) < 4.78 is 13.0. The third kappa shape index (κ3) is 3.25. The lowest BCUT2D eigenvalue weighted by atomic mass is 10.2. The number of likely N-dealkylation sites (N-methyl/N-ethyl adjacent to an activating group) is 1. The molecule has 1 N–H and O–H groups in total. The van der Waals surface area contributed by atoms with Crippen LogP contribution in [0.25, 0.3) is 0 Å². The Morgan fingerprint density at radius 1 is 1.50 bits per heavy atom. The second kappa shape index (κ2) is 5.29. The second-order valence-corrected chi connectivity index (χ2v) is 3.62. The Balaban J connectivity index is 2.63. The average molecular weight is 218 g/mol. The monoisotopic (exact) mass is 217 g/mol. The van der Waals surface area contributed by atoms with Crippen LogP contribution < -0.4 is 0 Å². The highest BCUT2D eigenvalue weighted by Gasteiger charge is 2.03. The second-order valence-electron chi connectivity index (χ2n) is 3.21. The van der Waals surface area contributed by atoms with Gasteiger partial charge in [-0.05, 0) is 24.7 Å². The van der Waals surface area contributed by atoms with E-state index in [9.17, 15) is 4.39 Å². The van der Waals surface area contributed by atoms with Crippen molar-refractivity contribution in [3.8, 4) is 0 Å². The van der Waals surface area contributed by atoms with E-state index in [4.69, 9.17) is 16.7 Å². The number of aliphatic hydroxyl groups is 1. The van der Waals surface area contributed by atoms with Crippen LogP contribution in [0.5, 0.6) is 0 Å². The largest absolute Gasteiger partial charge is 0.395 e. The fraction of sp³-hybridized carbons (Fsp3) is 0.400. The number of aliphatic hydroxyl groups excluding tert-OH is 1. The molecule has 1 aromatic rings. The third-order valence-corrected chi connectivity index (χ3v) is 2.22. The van der Waals surface area contributed by atoms with Gasteiger partial charge >= 0.3 is 0 Å². The van der Waals surface area contributed by atoms with Crippen LogP contribution in [0.4, 0.5) is 4.39 Å². The van der Waals surface area contributed by atoms with Gasteiger partial charge < -0.3 is 5.11 Å². The van der Waals surface area contributed by atoms with Gasteiger partial charge in [0.05, 0.1) is 11.6 Å². The molecule has 0 radical (unpaired) electrons. The van der Waals surface area contributed by atoms with Crippen molar-refractivity contribution in [1.29, 1.82) is 0 Å². The fourth-order valence-electron chi connectivity index (χ4n) is 1.20. The Hall–Kier alpha value is -0.640. The summed E-state index contributed by atoms with van der Waals surface area (Å²) in [5, 5.41) is 8.81. The van der Waals surface area contributed by atoms with Crippen molar-refractivity contribution in [2.24, 2.45) is 0 Å². The van der Waals surface area contributed by atoms with Gasteiger partial charge in [-0.25, -0.2) is 4.39 Å². The lowest BCUT2D eigenvalue weighted by molar-refractivity contribution is 0.217. The summed E-state index contributed by atoms with van der Waals surface area (Å²) in [6, 6.07) is 4.73. The first-order valence-corrected chi connectivity index (χ1v) is 4.74.